The van der Waals surface area contributed by atoms with E-state index in [2.05, 4.69) is 10.6 Å². The van der Waals surface area contributed by atoms with E-state index >= 15 is 0 Å². The molecule has 11 nitrogen and oxygen atoms in total. The number of primary amides is 1. The second-order valence-electron chi connectivity index (χ2n) is 7.85. The summed E-state index contributed by atoms with van der Waals surface area (Å²) in [5.41, 5.74) is 11.0. The molecule has 5 amide bonds. The summed E-state index contributed by atoms with van der Waals surface area (Å²) in [5, 5.41) is 5.91. The predicted molar refractivity (Wildman–Crippen MR) is 128 cm³/mol. The van der Waals surface area contributed by atoms with Crippen LogP contribution < -0.4 is 27.2 Å². The number of amides is 5. The van der Waals surface area contributed by atoms with Gasteiger partial charge in [-0.15, -0.1) is 0 Å². The molecule has 2 atom stereocenters. The van der Waals surface area contributed by atoms with Crippen LogP contribution in [-0.4, -0.2) is 46.7 Å². The summed E-state index contributed by atoms with van der Waals surface area (Å²) in [6.07, 6.45) is -0.0461. The first-order valence-electron chi connectivity index (χ1n) is 10.8. The van der Waals surface area contributed by atoms with Crippen LogP contribution in [0.1, 0.15) is 29.4 Å². The molecular weight excluding hydrogens is 452 g/mol. The first-order valence-corrected chi connectivity index (χ1v) is 10.8. The van der Waals surface area contributed by atoms with Gasteiger partial charge in [-0.2, -0.15) is 0 Å². The van der Waals surface area contributed by atoms with E-state index in [4.69, 9.17) is 5.73 Å². The number of carbonyl (C=O) groups is 5. The molecule has 0 unspecified atom stereocenters. The maximum absolute atomic E-state index is 13.1. The van der Waals surface area contributed by atoms with E-state index in [0.29, 0.717) is 18.5 Å². The number of nitrogens with two attached hydrogens (primary N) is 1. The van der Waals surface area contributed by atoms with Crippen LogP contribution in [0.3, 0.4) is 0 Å². The molecule has 1 aromatic heterocycles. The molecule has 0 aliphatic carbocycles. The number of fused-ring (bicyclic) bond motifs is 1. The Hall–Kier alpha value is -4.67. The Balaban J connectivity index is 1.69. The lowest BCUT2D eigenvalue weighted by Gasteiger charge is -2.18. The fraction of sp³-hybridized carbons (Fsp3) is 0.208. The molecule has 0 spiro atoms. The number of aromatic nitrogens is 1. The fourth-order valence-corrected chi connectivity index (χ4v) is 3.49. The Morgan fingerprint density at radius 1 is 0.971 bits per heavy atom. The van der Waals surface area contributed by atoms with Gasteiger partial charge in [0.15, 0.2) is 0 Å². The monoisotopic (exact) mass is 478 g/mol. The summed E-state index contributed by atoms with van der Waals surface area (Å²) in [6.45, 7) is 1.92. The van der Waals surface area contributed by atoms with Gasteiger partial charge in [0.1, 0.15) is 18.0 Å². The topological polar surface area (TPSA) is 164 Å². The van der Waals surface area contributed by atoms with Crippen molar-refractivity contribution in [1.82, 2.24) is 26.1 Å². The van der Waals surface area contributed by atoms with Gasteiger partial charge in [-0.05, 0) is 24.6 Å². The maximum atomic E-state index is 13.1. The van der Waals surface area contributed by atoms with E-state index in [9.17, 15) is 24.0 Å². The lowest BCUT2D eigenvalue weighted by atomic mass is 10.2. The zero-order valence-corrected chi connectivity index (χ0v) is 19.0. The lowest BCUT2D eigenvalue weighted by Crippen LogP contribution is -2.51. The number of para-hydroxylation sites is 1. The van der Waals surface area contributed by atoms with E-state index in [1.807, 2.05) is 70.0 Å². The molecule has 2 aromatic carbocycles. The van der Waals surface area contributed by atoms with Crippen LogP contribution in [-0.2, 0) is 20.9 Å². The third-order valence-corrected chi connectivity index (χ3v) is 5.19. The number of benzene rings is 2. The number of nitrogens with one attached hydrogen (secondary N) is 4. The number of nitrogens with zero attached hydrogens (tertiary/aromatic N) is 1. The van der Waals surface area contributed by atoms with Crippen molar-refractivity contribution in [3.05, 3.63) is 71.9 Å². The van der Waals surface area contributed by atoms with Crippen molar-refractivity contribution in [3.8, 4) is 0 Å². The van der Waals surface area contributed by atoms with Crippen molar-refractivity contribution in [1.29, 1.82) is 0 Å². The Morgan fingerprint density at radius 3 is 2.34 bits per heavy atom. The molecular formula is C24H26N6O5. The maximum Gasteiger partial charge on any atom is 0.330 e. The molecule has 0 fully saturated rings. The second-order valence-corrected chi connectivity index (χ2v) is 7.85. The van der Waals surface area contributed by atoms with Gasteiger partial charge in [0.2, 0.25) is 11.8 Å². The van der Waals surface area contributed by atoms with Gasteiger partial charge in [0.25, 0.3) is 5.91 Å². The normalized spacial score (nSPS) is 12.3. The van der Waals surface area contributed by atoms with Gasteiger partial charge in [0.05, 0.1) is 12.5 Å². The zero-order valence-electron chi connectivity index (χ0n) is 19.0. The SMILES string of the molecule is C[C@H](NC(=O)c1cc2ccccc2n1Cc1ccccc1)C(=O)N[C@H](C=O)CC(=O)NNC(N)=O. The van der Waals surface area contributed by atoms with E-state index in [1.165, 1.54) is 6.92 Å². The van der Waals surface area contributed by atoms with Gasteiger partial charge in [-0.25, -0.2) is 10.2 Å². The molecule has 0 saturated heterocycles. The molecule has 6 N–H and O–H groups in total. The van der Waals surface area contributed by atoms with Crippen LogP contribution >= 0.6 is 0 Å². The first kappa shape index (κ1) is 25.0. The minimum atomic E-state index is -1.17. The van der Waals surface area contributed by atoms with Crippen LogP contribution in [0.5, 0.6) is 0 Å². The number of carbonyl (C=O) groups excluding carboxylic acids is 5. The van der Waals surface area contributed by atoms with Gasteiger partial charge in [-0.3, -0.25) is 19.8 Å². The Labute approximate surface area is 201 Å². The number of rotatable bonds is 9. The average molecular weight is 479 g/mol. The smallest absolute Gasteiger partial charge is 0.330 e. The molecule has 0 bridgehead atoms. The summed E-state index contributed by atoms with van der Waals surface area (Å²) in [6, 6.07) is 15.8. The highest BCUT2D eigenvalue weighted by Gasteiger charge is 2.23. The molecule has 3 aromatic rings. The van der Waals surface area contributed by atoms with Gasteiger partial charge in [-0.1, -0.05) is 48.5 Å². The Kier molecular flexibility index (Phi) is 8.17. The molecule has 0 radical (unpaired) electrons. The van der Waals surface area contributed by atoms with Crippen molar-refractivity contribution in [3.63, 3.8) is 0 Å². The van der Waals surface area contributed by atoms with E-state index in [-0.39, 0.29) is 0 Å². The highest BCUT2D eigenvalue weighted by molar-refractivity contribution is 6.01. The van der Waals surface area contributed by atoms with Crippen LogP contribution in [0.4, 0.5) is 4.79 Å². The van der Waals surface area contributed by atoms with Crippen molar-refractivity contribution in [2.45, 2.75) is 32.0 Å². The summed E-state index contributed by atoms with van der Waals surface area (Å²) in [7, 11) is 0. The summed E-state index contributed by atoms with van der Waals surface area (Å²) in [5.74, 6) is -1.86. The second kappa shape index (κ2) is 11.5. The highest BCUT2D eigenvalue weighted by Crippen LogP contribution is 2.21. The molecule has 3 rings (SSSR count). The number of hydrogen-bond donors (Lipinski definition) is 5. The average Bonchev–Trinajstić information content (AvgIpc) is 3.21. The van der Waals surface area contributed by atoms with Crippen LogP contribution in [0.2, 0.25) is 0 Å². The van der Waals surface area contributed by atoms with E-state index in [0.717, 1.165) is 16.5 Å². The zero-order chi connectivity index (χ0) is 25.4. The van der Waals surface area contributed by atoms with Crippen molar-refractivity contribution < 1.29 is 24.0 Å². The van der Waals surface area contributed by atoms with Crippen LogP contribution in [0.25, 0.3) is 10.9 Å². The third-order valence-electron chi connectivity index (χ3n) is 5.19. The Bertz CT molecular complexity index is 1240. The lowest BCUT2D eigenvalue weighted by molar-refractivity contribution is -0.127. The first-order chi connectivity index (χ1) is 16.8. The summed E-state index contributed by atoms with van der Waals surface area (Å²) in [4.78, 5) is 59.4. The molecule has 0 aliphatic rings. The number of hydrazine groups is 1. The van der Waals surface area contributed by atoms with Crippen LogP contribution in [0, 0.1) is 0 Å². The number of aldehydes is 1. The minimum absolute atomic E-state index is 0.374. The van der Waals surface area contributed by atoms with E-state index < -0.39 is 42.3 Å². The quantitative estimate of drug-likeness (QED) is 0.224. The van der Waals surface area contributed by atoms with Crippen molar-refractivity contribution >= 4 is 40.9 Å². The van der Waals surface area contributed by atoms with E-state index in [1.54, 1.807) is 6.07 Å². The largest absolute Gasteiger partial charge is 0.350 e. The number of hydrogen-bond acceptors (Lipinski definition) is 5. The van der Waals surface area contributed by atoms with Crippen molar-refractivity contribution in [2.24, 2.45) is 5.73 Å². The predicted octanol–water partition coefficient (Wildman–Crippen LogP) is 0.581. The fourth-order valence-electron chi connectivity index (χ4n) is 3.49. The van der Waals surface area contributed by atoms with Gasteiger partial charge in [0, 0.05) is 17.4 Å². The molecule has 0 saturated carbocycles. The van der Waals surface area contributed by atoms with Gasteiger partial charge >= 0.3 is 6.03 Å². The molecule has 11 heteroatoms. The Morgan fingerprint density at radius 2 is 1.66 bits per heavy atom. The third kappa shape index (κ3) is 6.67. The molecule has 0 aliphatic heterocycles. The van der Waals surface area contributed by atoms with Crippen molar-refractivity contribution in [2.75, 3.05) is 0 Å². The van der Waals surface area contributed by atoms with Gasteiger partial charge < -0.3 is 25.7 Å². The molecule has 182 valence electrons. The molecule has 1 heterocycles. The molecule has 35 heavy (non-hydrogen) atoms. The highest BCUT2D eigenvalue weighted by atomic mass is 16.2. The number of urea groups is 1. The summed E-state index contributed by atoms with van der Waals surface area (Å²) >= 11 is 0. The van der Waals surface area contributed by atoms with Crippen LogP contribution in [0.15, 0.2) is 60.7 Å². The minimum Gasteiger partial charge on any atom is -0.350 e. The standard InChI is InChI=1S/C24H26N6O5/c1-15(22(33)27-18(14-31)12-21(32)28-29-24(25)35)26-23(34)20-11-17-9-5-6-10-19(17)30(20)13-16-7-3-2-4-8-16/h2-11,14-15,18H,12-13H2,1H3,(H,26,34)(H,27,33)(H,28,32)(H3,25,29,35)/t15-,18-/m0/s1. The summed E-state index contributed by atoms with van der Waals surface area (Å²) < 4.78 is 1.87.